The number of hydrogen-bond acceptors (Lipinski definition) is 3. The Labute approximate surface area is 115 Å². The van der Waals surface area contributed by atoms with Gasteiger partial charge in [-0.05, 0) is 37.7 Å². The molecule has 3 fully saturated rings. The highest BCUT2D eigenvalue weighted by Crippen LogP contribution is 2.56. The molecular weight excluding hydrogens is 260 g/mol. The Hall–Kier alpha value is -2.11. The van der Waals surface area contributed by atoms with E-state index in [4.69, 9.17) is 5.11 Å². The topological polar surface area (TPSA) is 88.4 Å². The summed E-state index contributed by atoms with van der Waals surface area (Å²) in [6.45, 7) is 1.55. The Balaban J connectivity index is 1.81. The lowest BCUT2D eigenvalue weighted by atomic mass is 9.50. The van der Waals surface area contributed by atoms with Crippen LogP contribution in [0.25, 0.3) is 0 Å². The summed E-state index contributed by atoms with van der Waals surface area (Å²) in [6, 6.07) is 0. The molecule has 0 atom stereocenters. The van der Waals surface area contributed by atoms with E-state index in [2.05, 4.69) is 5.32 Å². The lowest BCUT2D eigenvalue weighted by Crippen LogP contribution is -2.68. The molecule has 20 heavy (non-hydrogen) atoms. The lowest BCUT2D eigenvalue weighted by Gasteiger charge is -2.61. The van der Waals surface area contributed by atoms with Gasteiger partial charge < -0.3 is 15.0 Å². The van der Waals surface area contributed by atoms with Crippen LogP contribution in [0, 0.1) is 12.8 Å². The van der Waals surface area contributed by atoms with Crippen molar-refractivity contribution in [1.82, 2.24) is 9.88 Å². The van der Waals surface area contributed by atoms with Crippen LogP contribution in [0.3, 0.4) is 0 Å². The van der Waals surface area contributed by atoms with Crippen molar-refractivity contribution in [1.29, 1.82) is 0 Å². The van der Waals surface area contributed by atoms with E-state index in [1.54, 1.807) is 14.0 Å². The summed E-state index contributed by atoms with van der Waals surface area (Å²) in [5.41, 5.74) is 0.369. The number of nitrogens with one attached hydrogen (secondary N) is 1. The minimum absolute atomic E-state index is 0.0339. The molecule has 3 saturated carbocycles. The Kier molecular flexibility index (Phi) is 2.54. The van der Waals surface area contributed by atoms with Crippen LogP contribution in [-0.4, -0.2) is 32.9 Å². The smallest absolute Gasteiger partial charge is 0.352 e. The van der Waals surface area contributed by atoms with Crippen LogP contribution in [0.15, 0.2) is 6.20 Å². The lowest BCUT2D eigenvalue weighted by molar-refractivity contribution is -0.128. The summed E-state index contributed by atoms with van der Waals surface area (Å²) in [4.78, 5) is 35.3. The number of nitrogens with zero attached hydrogens (tertiary/aromatic N) is 1. The molecule has 6 nitrogen and oxygen atoms in total. The third-order valence-corrected chi connectivity index (χ3v) is 4.51. The highest BCUT2D eigenvalue weighted by atomic mass is 16.4. The van der Waals surface area contributed by atoms with Crippen molar-refractivity contribution in [2.45, 2.75) is 31.7 Å². The molecule has 0 unspecified atom stereocenters. The molecule has 106 valence electrons. The van der Waals surface area contributed by atoms with E-state index in [-0.39, 0.29) is 16.8 Å². The second-order valence-corrected chi connectivity index (χ2v) is 5.97. The monoisotopic (exact) mass is 276 g/mol. The van der Waals surface area contributed by atoms with Gasteiger partial charge in [-0.2, -0.15) is 0 Å². The Morgan fingerprint density at radius 1 is 1.35 bits per heavy atom. The maximum Gasteiger partial charge on any atom is 0.352 e. The quantitative estimate of drug-likeness (QED) is 0.631. The van der Waals surface area contributed by atoms with Crippen LogP contribution in [0.4, 0.5) is 0 Å². The largest absolute Gasteiger partial charge is 0.477 e. The highest BCUT2D eigenvalue weighted by molar-refractivity contribution is 6.43. The molecule has 1 aromatic rings. The average molecular weight is 276 g/mol. The minimum Gasteiger partial charge on any atom is -0.477 e. The summed E-state index contributed by atoms with van der Waals surface area (Å²) in [5, 5.41) is 11.9. The van der Waals surface area contributed by atoms with Gasteiger partial charge in [0.2, 0.25) is 0 Å². The Bertz CT molecular complexity index is 627. The summed E-state index contributed by atoms with van der Waals surface area (Å²) < 4.78 is 1.36. The van der Waals surface area contributed by atoms with Crippen molar-refractivity contribution in [3.05, 3.63) is 23.0 Å². The van der Waals surface area contributed by atoms with Crippen molar-refractivity contribution < 1.29 is 19.5 Å². The molecule has 4 rings (SSSR count). The van der Waals surface area contributed by atoms with Gasteiger partial charge in [0.05, 0.1) is 0 Å². The van der Waals surface area contributed by atoms with Crippen LogP contribution < -0.4 is 5.32 Å². The molecule has 0 spiro atoms. The van der Waals surface area contributed by atoms with E-state index < -0.39 is 17.7 Å². The Morgan fingerprint density at radius 2 is 1.95 bits per heavy atom. The Morgan fingerprint density at radius 3 is 2.35 bits per heavy atom. The maximum absolute atomic E-state index is 12.2. The first kappa shape index (κ1) is 12.9. The van der Waals surface area contributed by atoms with Crippen LogP contribution in [0.5, 0.6) is 0 Å². The molecule has 1 aromatic heterocycles. The number of carboxylic acid groups (broad SMARTS) is 1. The van der Waals surface area contributed by atoms with Crippen LogP contribution in [0.2, 0.25) is 0 Å². The van der Waals surface area contributed by atoms with E-state index in [0.29, 0.717) is 11.5 Å². The van der Waals surface area contributed by atoms with Crippen LogP contribution in [0.1, 0.15) is 45.7 Å². The van der Waals surface area contributed by atoms with E-state index in [1.807, 2.05) is 0 Å². The van der Waals surface area contributed by atoms with Gasteiger partial charge in [0.1, 0.15) is 5.69 Å². The molecule has 1 amide bonds. The van der Waals surface area contributed by atoms with E-state index in [0.717, 1.165) is 19.3 Å². The number of ketones is 1. The number of carbonyl (C=O) groups is 3. The summed E-state index contributed by atoms with van der Waals surface area (Å²) in [5.74, 6) is -1.68. The summed E-state index contributed by atoms with van der Waals surface area (Å²) in [7, 11) is 1.55. The van der Waals surface area contributed by atoms with E-state index >= 15 is 0 Å². The maximum atomic E-state index is 12.2. The van der Waals surface area contributed by atoms with Gasteiger partial charge >= 0.3 is 5.97 Å². The van der Waals surface area contributed by atoms with Gasteiger partial charge in [-0.1, -0.05) is 0 Å². The molecule has 0 aromatic carbocycles. The number of aromatic carboxylic acids is 1. The van der Waals surface area contributed by atoms with Crippen LogP contribution in [-0.2, 0) is 11.8 Å². The number of Topliss-reactive ketones (excluding diaryl/α,β-unsaturated/α-hetero) is 1. The molecule has 6 heteroatoms. The SMILES string of the molecule is Cc1c(C(=O)C(=O)NC23CC(C2)C3)cn(C)c1C(=O)O. The van der Waals surface area contributed by atoms with Crippen molar-refractivity contribution in [2.24, 2.45) is 13.0 Å². The fourth-order valence-corrected chi connectivity index (χ4v) is 3.34. The second kappa shape index (κ2) is 3.94. The normalized spacial score (nSPS) is 26.4. The van der Waals surface area contributed by atoms with Crippen molar-refractivity contribution in [3.8, 4) is 0 Å². The van der Waals surface area contributed by atoms with Crippen molar-refractivity contribution >= 4 is 17.7 Å². The summed E-state index contributed by atoms with van der Waals surface area (Å²) in [6.07, 6.45) is 4.28. The molecule has 2 N–H and O–H groups in total. The number of aromatic nitrogens is 1. The molecule has 3 aliphatic carbocycles. The summed E-state index contributed by atoms with van der Waals surface area (Å²) >= 11 is 0. The van der Waals surface area contributed by atoms with Gasteiger partial charge in [0.15, 0.2) is 0 Å². The number of amides is 1. The van der Waals surface area contributed by atoms with Gasteiger partial charge in [0, 0.05) is 24.3 Å². The zero-order chi connectivity index (χ0) is 14.7. The third kappa shape index (κ3) is 1.67. The van der Waals surface area contributed by atoms with Crippen molar-refractivity contribution in [2.75, 3.05) is 0 Å². The predicted octanol–water partition coefficient (Wildman–Crippen LogP) is 0.883. The minimum atomic E-state index is -1.11. The number of hydrogen-bond donors (Lipinski definition) is 2. The number of rotatable bonds is 4. The zero-order valence-electron chi connectivity index (χ0n) is 11.4. The first-order valence-electron chi connectivity index (χ1n) is 6.59. The third-order valence-electron chi connectivity index (χ3n) is 4.51. The standard InChI is InChI=1S/C14H16N2O4/c1-7-9(6-16(2)10(7)13(19)20)11(17)12(18)15-14-3-8(4-14)5-14/h6,8H,3-5H2,1-2H3,(H,15,18)(H,19,20). The molecule has 3 aliphatic rings. The molecule has 0 aliphatic heterocycles. The molecule has 1 heterocycles. The van der Waals surface area contributed by atoms with E-state index in [1.165, 1.54) is 10.8 Å². The zero-order valence-corrected chi connectivity index (χ0v) is 11.4. The van der Waals surface area contributed by atoms with E-state index in [9.17, 15) is 14.4 Å². The van der Waals surface area contributed by atoms with Gasteiger partial charge in [-0.25, -0.2) is 4.79 Å². The highest BCUT2D eigenvalue weighted by Gasteiger charge is 2.57. The van der Waals surface area contributed by atoms with Gasteiger partial charge in [0.25, 0.3) is 11.7 Å². The second-order valence-electron chi connectivity index (χ2n) is 5.97. The van der Waals surface area contributed by atoms with Gasteiger partial charge in [-0.15, -0.1) is 0 Å². The van der Waals surface area contributed by atoms with Crippen LogP contribution >= 0.6 is 0 Å². The number of aryl methyl sites for hydroxylation is 1. The fraction of sp³-hybridized carbons (Fsp3) is 0.500. The first-order valence-corrected chi connectivity index (χ1v) is 6.59. The van der Waals surface area contributed by atoms with Gasteiger partial charge in [-0.3, -0.25) is 9.59 Å². The number of carbonyl (C=O) groups excluding carboxylic acids is 2. The molecule has 2 bridgehead atoms. The average Bonchev–Trinajstić information content (AvgIpc) is 2.56. The predicted molar refractivity (Wildman–Crippen MR) is 69.7 cm³/mol. The molecular formula is C14H16N2O4. The first-order chi connectivity index (χ1) is 9.33. The fourth-order valence-electron chi connectivity index (χ4n) is 3.34. The number of carboxylic acids is 1. The molecule has 0 saturated heterocycles. The van der Waals surface area contributed by atoms with Crippen molar-refractivity contribution in [3.63, 3.8) is 0 Å². The molecule has 0 radical (unpaired) electrons.